The third kappa shape index (κ3) is 3.73. The fourth-order valence-electron chi connectivity index (χ4n) is 4.22. The lowest BCUT2D eigenvalue weighted by Crippen LogP contribution is -3.14. The van der Waals surface area contributed by atoms with E-state index < -0.39 is 0 Å². The average molecular weight is 408 g/mol. The standard InChI is InChI=1S/C23H22N2O3S/c26-22(24-13-16-6-7-19-20(12-16)28-15-27-19)14-25-10-8-21-18(9-11-29-21)23(25)17-4-2-1-3-5-17/h1-7,9,11-12,23H,8,10,13-15H2,(H,24,26)/p+1/t23-/m1/s1. The van der Waals surface area contributed by atoms with E-state index >= 15 is 0 Å². The van der Waals surface area contributed by atoms with Gasteiger partial charge in [0.1, 0.15) is 6.04 Å². The van der Waals surface area contributed by atoms with Crippen molar-refractivity contribution in [3.05, 3.63) is 81.5 Å². The minimum absolute atomic E-state index is 0.0669. The van der Waals surface area contributed by atoms with E-state index in [-0.39, 0.29) is 18.7 Å². The molecule has 2 aromatic carbocycles. The lowest BCUT2D eigenvalue weighted by molar-refractivity contribution is -0.920. The highest BCUT2D eigenvalue weighted by atomic mass is 32.1. The van der Waals surface area contributed by atoms with E-state index in [0.717, 1.165) is 30.0 Å². The van der Waals surface area contributed by atoms with E-state index in [1.807, 2.05) is 35.6 Å². The summed E-state index contributed by atoms with van der Waals surface area (Å²) >= 11 is 1.83. The number of thiophene rings is 1. The number of ether oxygens (including phenoxy) is 2. The molecule has 0 saturated heterocycles. The van der Waals surface area contributed by atoms with E-state index in [1.165, 1.54) is 20.9 Å². The quantitative estimate of drug-likeness (QED) is 0.683. The van der Waals surface area contributed by atoms with E-state index in [4.69, 9.17) is 9.47 Å². The van der Waals surface area contributed by atoms with Crippen LogP contribution in [0.4, 0.5) is 0 Å². The van der Waals surface area contributed by atoms with Crippen molar-refractivity contribution in [3.8, 4) is 11.5 Å². The smallest absolute Gasteiger partial charge is 0.275 e. The summed E-state index contributed by atoms with van der Waals surface area (Å²) in [5, 5.41) is 5.24. The molecule has 5 nitrogen and oxygen atoms in total. The predicted molar refractivity (Wildman–Crippen MR) is 111 cm³/mol. The Morgan fingerprint density at radius 3 is 2.86 bits per heavy atom. The molecule has 0 radical (unpaired) electrons. The molecule has 148 valence electrons. The van der Waals surface area contributed by atoms with Crippen molar-refractivity contribution >= 4 is 17.2 Å². The SMILES string of the molecule is O=C(C[NH+]1CCc2sccc2[C@H]1c1ccccc1)NCc1ccc2c(c1)OCO2. The Balaban J connectivity index is 1.28. The first-order valence-corrected chi connectivity index (χ1v) is 10.8. The van der Waals surface area contributed by atoms with E-state index in [9.17, 15) is 4.79 Å². The van der Waals surface area contributed by atoms with Crippen LogP contribution < -0.4 is 19.7 Å². The molecule has 2 aliphatic heterocycles. The third-order valence-electron chi connectivity index (χ3n) is 5.62. The number of carbonyl (C=O) groups excluding carboxylic acids is 1. The van der Waals surface area contributed by atoms with Crippen molar-refractivity contribution in [1.29, 1.82) is 0 Å². The van der Waals surface area contributed by atoms with E-state index in [0.29, 0.717) is 13.1 Å². The number of hydrogen-bond acceptors (Lipinski definition) is 4. The fourth-order valence-corrected chi connectivity index (χ4v) is 5.14. The van der Waals surface area contributed by atoms with Gasteiger partial charge in [0.15, 0.2) is 18.0 Å². The largest absolute Gasteiger partial charge is 0.454 e. The summed E-state index contributed by atoms with van der Waals surface area (Å²) in [5.74, 6) is 1.57. The van der Waals surface area contributed by atoms with Crippen LogP contribution in [0.25, 0.3) is 0 Å². The summed E-state index contributed by atoms with van der Waals surface area (Å²) in [6.07, 6.45) is 1.03. The van der Waals surface area contributed by atoms with Gasteiger partial charge in [0.25, 0.3) is 5.91 Å². The first-order valence-electron chi connectivity index (χ1n) is 9.89. The van der Waals surface area contributed by atoms with Gasteiger partial charge in [-0.25, -0.2) is 0 Å². The number of benzene rings is 2. The van der Waals surface area contributed by atoms with Crippen LogP contribution in [0.5, 0.6) is 11.5 Å². The first-order chi connectivity index (χ1) is 14.3. The molecule has 0 spiro atoms. The molecular formula is C23H23N2O3S+. The van der Waals surface area contributed by atoms with Crippen LogP contribution in [0.1, 0.15) is 27.6 Å². The highest BCUT2D eigenvalue weighted by Crippen LogP contribution is 2.32. The molecule has 0 fully saturated rings. The predicted octanol–water partition coefficient (Wildman–Crippen LogP) is 2.32. The van der Waals surface area contributed by atoms with Crippen molar-refractivity contribution in [2.45, 2.75) is 19.0 Å². The normalized spacial score (nSPS) is 19.6. The number of fused-ring (bicyclic) bond motifs is 2. The second kappa shape index (κ2) is 7.89. The molecule has 2 atom stereocenters. The minimum Gasteiger partial charge on any atom is -0.454 e. The summed E-state index contributed by atoms with van der Waals surface area (Å²) < 4.78 is 10.8. The molecule has 6 heteroatoms. The molecule has 1 aromatic heterocycles. The van der Waals surface area contributed by atoms with Crippen LogP contribution in [-0.4, -0.2) is 25.8 Å². The summed E-state index contributed by atoms with van der Waals surface area (Å²) in [5.41, 5.74) is 3.65. The number of amides is 1. The van der Waals surface area contributed by atoms with Crippen molar-refractivity contribution in [1.82, 2.24) is 5.32 Å². The Labute approximate surface area is 173 Å². The zero-order chi connectivity index (χ0) is 19.6. The average Bonchev–Trinajstić information content (AvgIpc) is 3.41. The van der Waals surface area contributed by atoms with Gasteiger partial charge in [-0.2, -0.15) is 0 Å². The highest BCUT2D eigenvalue weighted by molar-refractivity contribution is 7.10. The van der Waals surface area contributed by atoms with Gasteiger partial charge >= 0.3 is 0 Å². The molecule has 2 N–H and O–H groups in total. The van der Waals surface area contributed by atoms with Gasteiger partial charge in [-0.1, -0.05) is 36.4 Å². The summed E-state index contributed by atoms with van der Waals surface area (Å²) in [4.78, 5) is 15.5. The topological polar surface area (TPSA) is 52.0 Å². The first kappa shape index (κ1) is 18.2. The molecule has 3 aromatic rings. The number of nitrogens with one attached hydrogen (secondary N) is 2. The Kier molecular flexibility index (Phi) is 4.96. The zero-order valence-corrected chi connectivity index (χ0v) is 16.8. The Morgan fingerprint density at radius 1 is 1.10 bits per heavy atom. The Hall–Kier alpha value is -2.83. The molecule has 1 unspecified atom stereocenters. The van der Waals surface area contributed by atoms with Crippen LogP contribution in [-0.2, 0) is 17.8 Å². The van der Waals surface area contributed by atoms with Gasteiger partial charge in [-0.3, -0.25) is 4.79 Å². The van der Waals surface area contributed by atoms with Crippen LogP contribution in [0.3, 0.4) is 0 Å². The van der Waals surface area contributed by atoms with Gasteiger partial charge in [0.05, 0.1) is 6.54 Å². The van der Waals surface area contributed by atoms with Gasteiger partial charge in [-0.05, 0) is 29.1 Å². The number of rotatable bonds is 5. The maximum Gasteiger partial charge on any atom is 0.275 e. The Bertz CT molecular complexity index is 1020. The fraction of sp³-hybridized carbons (Fsp3) is 0.261. The van der Waals surface area contributed by atoms with Crippen molar-refractivity contribution in [2.24, 2.45) is 0 Å². The maximum absolute atomic E-state index is 12.8. The second-order valence-electron chi connectivity index (χ2n) is 7.44. The Morgan fingerprint density at radius 2 is 1.97 bits per heavy atom. The molecule has 0 saturated carbocycles. The summed E-state index contributed by atoms with van der Waals surface area (Å²) in [6, 6.07) is 18.8. The second-order valence-corrected chi connectivity index (χ2v) is 8.44. The van der Waals surface area contributed by atoms with Crippen molar-refractivity contribution < 1.29 is 19.2 Å². The van der Waals surface area contributed by atoms with Gasteiger partial charge in [0, 0.05) is 29.0 Å². The molecule has 0 bridgehead atoms. The molecule has 2 aliphatic rings. The number of hydrogen-bond donors (Lipinski definition) is 2. The minimum atomic E-state index is 0.0669. The van der Waals surface area contributed by atoms with Crippen LogP contribution >= 0.6 is 11.3 Å². The van der Waals surface area contributed by atoms with Gasteiger partial charge in [0.2, 0.25) is 6.79 Å². The lowest BCUT2D eigenvalue weighted by Gasteiger charge is -2.32. The number of quaternary nitrogens is 1. The lowest BCUT2D eigenvalue weighted by atomic mass is 9.93. The number of carbonyl (C=O) groups is 1. The molecule has 0 aliphatic carbocycles. The van der Waals surface area contributed by atoms with Crippen LogP contribution in [0.15, 0.2) is 60.0 Å². The molecule has 5 rings (SSSR count). The summed E-state index contributed by atoms with van der Waals surface area (Å²) in [7, 11) is 0. The van der Waals surface area contributed by atoms with Crippen LogP contribution in [0.2, 0.25) is 0 Å². The maximum atomic E-state index is 12.8. The van der Waals surface area contributed by atoms with E-state index in [2.05, 4.69) is 41.0 Å². The van der Waals surface area contributed by atoms with Crippen LogP contribution in [0, 0.1) is 0 Å². The summed E-state index contributed by atoms with van der Waals surface area (Å²) in [6.45, 7) is 2.17. The van der Waals surface area contributed by atoms with Gasteiger partial charge in [-0.15, -0.1) is 11.3 Å². The van der Waals surface area contributed by atoms with Crippen molar-refractivity contribution in [2.75, 3.05) is 19.9 Å². The molecule has 3 heterocycles. The molecular weight excluding hydrogens is 384 g/mol. The van der Waals surface area contributed by atoms with E-state index in [1.54, 1.807) is 0 Å². The zero-order valence-electron chi connectivity index (χ0n) is 16.0. The molecule has 29 heavy (non-hydrogen) atoms. The highest BCUT2D eigenvalue weighted by Gasteiger charge is 2.34. The monoisotopic (exact) mass is 407 g/mol. The van der Waals surface area contributed by atoms with Crippen molar-refractivity contribution in [3.63, 3.8) is 0 Å². The third-order valence-corrected chi connectivity index (χ3v) is 6.62. The van der Waals surface area contributed by atoms with Gasteiger partial charge < -0.3 is 19.7 Å². The molecule has 1 amide bonds.